The van der Waals surface area contributed by atoms with Crippen LogP contribution in [0.3, 0.4) is 0 Å². The van der Waals surface area contributed by atoms with E-state index in [-0.39, 0.29) is 6.04 Å². The highest BCUT2D eigenvalue weighted by atomic mass is 16.3. The lowest BCUT2D eigenvalue weighted by atomic mass is 9.90. The summed E-state index contributed by atoms with van der Waals surface area (Å²) in [6, 6.07) is 42.7. The van der Waals surface area contributed by atoms with Gasteiger partial charge in [0, 0.05) is 33.5 Å². The molecule has 10 rings (SSSR count). The van der Waals surface area contributed by atoms with Gasteiger partial charge in [0.1, 0.15) is 22.3 Å². The molecule has 0 N–H and O–H groups in total. The summed E-state index contributed by atoms with van der Waals surface area (Å²) < 4.78 is 12.8. The summed E-state index contributed by atoms with van der Waals surface area (Å²) in [4.78, 5) is 10.5. The Morgan fingerprint density at radius 1 is 0.583 bits per heavy atom. The quantitative estimate of drug-likeness (QED) is 0.197. The van der Waals surface area contributed by atoms with E-state index in [9.17, 15) is 0 Å². The van der Waals surface area contributed by atoms with Gasteiger partial charge >= 0.3 is 0 Å². The van der Waals surface area contributed by atoms with E-state index in [4.69, 9.17) is 18.8 Å². The van der Waals surface area contributed by atoms with Crippen LogP contribution in [-0.2, 0) is 0 Å². The molecule has 0 saturated heterocycles. The molecule has 0 saturated carbocycles. The number of amidine groups is 1. The van der Waals surface area contributed by atoms with E-state index >= 15 is 0 Å². The fourth-order valence-corrected chi connectivity index (χ4v) is 7.43. The van der Waals surface area contributed by atoms with Crippen molar-refractivity contribution in [3.05, 3.63) is 156 Å². The topological polar surface area (TPSA) is 51.0 Å². The maximum atomic E-state index is 6.55. The van der Waals surface area contributed by atoms with E-state index in [2.05, 4.69) is 121 Å². The largest absolute Gasteiger partial charge is 0.456 e. The number of benzene rings is 6. The molecule has 0 radical (unpaired) electrons. The van der Waals surface area contributed by atoms with Crippen molar-refractivity contribution in [2.45, 2.75) is 25.3 Å². The third-order valence-electron chi connectivity index (χ3n) is 9.82. The van der Waals surface area contributed by atoms with E-state index in [1.807, 2.05) is 18.2 Å². The van der Waals surface area contributed by atoms with Gasteiger partial charge < -0.3 is 8.83 Å². The first-order chi connectivity index (χ1) is 23.7. The van der Waals surface area contributed by atoms with Crippen LogP contribution in [0.4, 0.5) is 0 Å². The van der Waals surface area contributed by atoms with Crippen LogP contribution >= 0.6 is 0 Å². The molecule has 8 aromatic rings. The third kappa shape index (κ3) is 4.44. The van der Waals surface area contributed by atoms with Crippen LogP contribution in [0.5, 0.6) is 0 Å². The zero-order valence-electron chi connectivity index (χ0n) is 26.2. The van der Waals surface area contributed by atoms with Crippen molar-refractivity contribution in [1.29, 1.82) is 0 Å². The van der Waals surface area contributed by atoms with E-state index in [1.165, 1.54) is 10.8 Å². The number of fused-ring (bicyclic) bond motifs is 7. The molecule has 0 bridgehead atoms. The van der Waals surface area contributed by atoms with Crippen molar-refractivity contribution in [3.63, 3.8) is 0 Å². The predicted molar refractivity (Wildman–Crippen MR) is 198 cm³/mol. The molecule has 0 fully saturated rings. The van der Waals surface area contributed by atoms with Crippen molar-refractivity contribution in [3.8, 4) is 11.1 Å². The molecule has 2 aliphatic rings. The first-order valence-corrected chi connectivity index (χ1v) is 16.6. The summed E-state index contributed by atoms with van der Waals surface area (Å²) in [6.07, 6.45) is 9.33. The molecule has 228 valence electrons. The second-order valence-electron chi connectivity index (χ2n) is 12.8. The van der Waals surface area contributed by atoms with Gasteiger partial charge in [0.2, 0.25) is 0 Å². The van der Waals surface area contributed by atoms with E-state index < -0.39 is 0 Å². The minimum Gasteiger partial charge on any atom is -0.456 e. The van der Waals surface area contributed by atoms with Crippen molar-refractivity contribution >= 4 is 66.2 Å². The van der Waals surface area contributed by atoms with Crippen LogP contribution in [0.2, 0.25) is 0 Å². The van der Waals surface area contributed by atoms with E-state index in [1.54, 1.807) is 0 Å². The number of aliphatic imine (C=N–C) groups is 2. The smallest absolute Gasteiger partial charge is 0.155 e. The van der Waals surface area contributed by atoms with Gasteiger partial charge in [0.15, 0.2) is 5.84 Å². The van der Waals surface area contributed by atoms with Crippen molar-refractivity contribution in [2.24, 2.45) is 9.98 Å². The number of rotatable bonds is 4. The Labute approximate surface area is 277 Å². The summed E-state index contributed by atoms with van der Waals surface area (Å²) in [5, 5.41) is 6.93. The lowest BCUT2D eigenvalue weighted by Crippen LogP contribution is -2.18. The normalized spacial score (nSPS) is 16.6. The lowest BCUT2D eigenvalue weighted by Gasteiger charge is -2.23. The maximum Gasteiger partial charge on any atom is 0.155 e. The van der Waals surface area contributed by atoms with Crippen molar-refractivity contribution in [2.75, 3.05) is 0 Å². The Hall–Kier alpha value is -6.00. The molecule has 3 heterocycles. The number of allylic oxidation sites excluding steroid dienone is 2. The van der Waals surface area contributed by atoms with Crippen molar-refractivity contribution in [1.82, 2.24) is 0 Å². The molecule has 1 aliphatic carbocycles. The Morgan fingerprint density at radius 3 is 2.21 bits per heavy atom. The highest BCUT2D eigenvalue weighted by Gasteiger charge is 2.26. The predicted octanol–water partition coefficient (Wildman–Crippen LogP) is 11.9. The molecule has 1 aliphatic heterocycles. The second kappa shape index (κ2) is 10.8. The molecule has 48 heavy (non-hydrogen) atoms. The van der Waals surface area contributed by atoms with Crippen LogP contribution in [0.25, 0.3) is 65.8 Å². The first kappa shape index (κ1) is 27.1. The van der Waals surface area contributed by atoms with Crippen LogP contribution < -0.4 is 0 Å². The Balaban J connectivity index is 1.15. The summed E-state index contributed by atoms with van der Waals surface area (Å²) in [6.45, 7) is 0. The van der Waals surface area contributed by atoms with Gasteiger partial charge in [0.05, 0.1) is 11.8 Å². The van der Waals surface area contributed by atoms with Crippen LogP contribution in [0.1, 0.15) is 36.4 Å². The van der Waals surface area contributed by atoms with Gasteiger partial charge in [-0.15, -0.1) is 0 Å². The summed E-state index contributed by atoms with van der Waals surface area (Å²) in [7, 11) is 0. The molecule has 6 aromatic carbocycles. The second-order valence-corrected chi connectivity index (χ2v) is 12.8. The number of hydrogen-bond donors (Lipinski definition) is 0. The SMILES string of the molecule is C1=CC(C2=NC(c3cc(-c4ccc5ccccc5c4)c4c(c3)oc3ccccc34)CC(c3ccc4c(c3)oc3ccccc34)=N2)=CCC1. The third-order valence-corrected chi connectivity index (χ3v) is 9.82. The molecule has 1 atom stereocenters. The van der Waals surface area contributed by atoms with Gasteiger partial charge in [-0.1, -0.05) is 97.1 Å². The van der Waals surface area contributed by atoms with Gasteiger partial charge in [-0.3, -0.25) is 4.99 Å². The monoisotopic (exact) mass is 618 g/mol. The summed E-state index contributed by atoms with van der Waals surface area (Å²) in [5.41, 5.74) is 10.1. The molecule has 0 spiro atoms. The zero-order valence-corrected chi connectivity index (χ0v) is 26.2. The molecule has 0 amide bonds. The molecule has 1 unspecified atom stereocenters. The van der Waals surface area contributed by atoms with E-state index in [0.717, 1.165) is 96.1 Å². The summed E-state index contributed by atoms with van der Waals surface area (Å²) in [5.74, 6) is 0.777. The Morgan fingerprint density at radius 2 is 1.33 bits per heavy atom. The van der Waals surface area contributed by atoms with Gasteiger partial charge in [-0.2, -0.15) is 0 Å². The minimum atomic E-state index is -0.146. The first-order valence-electron chi connectivity index (χ1n) is 16.6. The Kier molecular flexibility index (Phi) is 6.10. The van der Waals surface area contributed by atoms with Gasteiger partial charge in [-0.05, 0) is 88.3 Å². The van der Waals surface area contributed by atoms with Crippen LogP contribution in [-0.4, -0.2) is 11.5 Å². The number of furan rings is 2. The van der Waals surface area contributed by atoms with Gasteiger partial charge in [-0.25, -0.2) is 4.99 Å². The fourth-order valence-electron chi connectivity index (χ4n) is 7.43. The van der Waals surface area contributed by atoms with Crippen LogP contribution in [0, 0.1) is 0 Å². The maximum absolute atomic E-state index is 6.55. The molecular formula is C44H30N2O2. The standard InChI is InChI=1S/C44H30N2O2/c1-2-11-28(12-3-1)44-45-37(31-20-21-34-33-14-6-8-16-39(33)47-41(34)24-31)26-38(46-44)32-23-36(30-19-18-27-10-4-5-13-29(27)22-30)43-35-15-7-9-17-40(35)48-42(43)25-32/h2,4-25,38H,1,3,26H2. The average molecular weight is 619 g/mol. The molecule has 2 aromatic heterocycles. The number of para-hydroxylation sites is 2. The van der Waals surface area contributed by atoms with E-state index in [0.29, 0.717) is 6.42 Å². The van der Waals surface area contributed by atoms with Gasteiger partial charge in [0.25, 0.3) is 0 Å². The molecule has 4 heteroatoms. The average Bonchev–Trinajstić information content (AvgIpc) is 3.72. The lowest BCUT2D eigenvalue weighted by molar-refractivity contribution is 0.665. The fraction of sp³-hybridized carbons (Fsp3) is 0.0909. The summed E-state index contributed by atoms with van der Waals surface area (Å²) >= 11 is 0. The number of hydrogen-bond acceptors (Lipinski definition) is 4. The minimum absolute atomic E-state index is 0.146. The highest BCUT2D eigenvalue weighted by Crippen LogP contribution is 2.42. The van der Waals surface area contributed by atoms with Crippen LogP contribution in [0.15, 0.2) is 164 Å². The Bertz CT molecular complexity index is 2720. The zero-order chi connectivity index (χ0) is 31.6. The van der Waals surface area contributed by atoms with Crippen molar-refractivity contribution < 1.29 is 8.83 Å². The number of nitrogens with zero attached hydrogens (tertiary/aromatic N) is 2. The molecular weight excluding hydrogens is 588 g/mol. The highest BCUT2D eigenvalue weighted by molar-refractivity contribution is 6.17. The molecule has 4 nitrogen and oxygen atoms in total.